The molecule has 0 atom stereocenters. The summed E-state index contributed by atoms with van der Waals surface area (Å²) in [6.45, 7) is 0. The molecule has 0 spiro atoms. The quantitative estimate of drug-likeness (QED) is 0.733. The Hall–Kier alpha value is -1.92. The van der Waals surface area contributed by atoms with E-state index in [9.17, 15) is 14.3 Å². The van der Waals surface area contributed by atoms with Gasteiger partial charge in [0.25, 0.3) is 0 Å². The van der Waals surface area contributed by atoms with Gasteiger partial charge in [-0.1, -0.05) is 11.6 Å². The van der Waals surface area contributed by atoms with Gasteiger partial charge in [-0.25, -0.2) is 9.18 Å². The molecule has 0 saturated heterocycles. The molecule has 106 valence electrons. The average Bonchev–Trinajstić information content (AvgIpc) is 2.77. The van der Waals surface area contributed by atoms with Gasteiger partial charge in [-0.05, 0) is 34.1 Å². The highest BCUT2D eigenvalue weighted by Gasteiger charge is 2.17. The summed E-state index contributed by atoms with van der Waals surface area (Å²) >= 11 is 9.50. The Morgan fingerprint density at radius 2 is 2.14 bits per heavy atom. The lowest BCUT2D eigenvalue weighted by Gasteiger charge is -2.09. The molecular formula is C14H7BrClFN2O2. The highest BCUT2D eigenvalue weighted by atomic mass is 79.9. The van der Waals surface area contributed by atoms with Crippen LogP contribution in [0.1, 0.15) is 10.4 Å². The van der Waals surface area contributed by atoms with Crippen LogP contribution in [0.15, 0.2) is 41.3 Å². The summed E-state index contributed by atoms with van der Waals surface area (Å²) in [6.07, 6.45) is 4.75. The highest BCUT2D eigenvalue weighted by Crippen LogP contribution is 2.34. The summed E-state index contributed by atoms with van der Waals surface area (Å²) in [5.41, 5.74) is 0.825. The molecule has 0 amide bonds. The Labute approximate surface area is 131 Å². The maximum absolute atomic E-state index is 13.3. The Balaban J connectivity index is 2.37. The molecule has 2 aromatic heterocycles. The Kier molecular flexibility index (Phi) is 3.43. The van der Waals surface area contributed by atoms with E-state index in [4.69, 9.17) is 11.6 Å². The van der Waals surface area contributed by atoms with Crippen LogP contribution in [-0.2, 0) is 0 Å². The first-order valence-electron chi connectivity index (χ1n) is 5.82. The van der Waals surface area contributed by atoms with Crippen LogP contribution < -0.4 is 0 Å². The lowest BCUT2D eigenvalue weighted by molar-refractivity contribution is 0.0696. The molecule has 0 radical (unpaired) electrons. The smallest absolute Gasteiger partial charge is 0.337 e. The third kappa shape index (κ3) is 2.30. The van der Waals surface area contributed by atoms with Crippen LogP contribution in [0.4, 0.5) is 4.39 Å². The predicted octanol–water partition coefficient (Wildman–Crippen LogP) is 4.28. The third-order valence-electron chi connectivity index (χ3n) is 3.07. The van der Waals surface area contributed by atoms with Crippen molar-refractivity contribution in [3.8, 4) is 5.69 Å². The minimum absolute atomic E-state index is 0.139. The topological polar surface area (TPSA) is 55.1 Å². The average molecular weight is 370 g/mol. The molecule has 3 rings (SSSR count). The number of carboxylic acid groups (broad SMARTS) is 1. The summed E-state index contributed by atoms with van der Waals surface area (Å²) in [5.74, 6) is -1.82. The fourth-order valence-corrected chi connectivity index (χ4v) is 3.17. The fraction of sp³-hybridized carbons (Fsp3) is 0. The van der Waals surface area contributed by atoms with Gasteiger partial charge in [0, 0.05) is 22.3 Å². The van der Waals surface area contributed by atoms with E-state index in [-0.39, 0.29) is 5.56 Å². The first kappa shape index (κ1) is 14.0. The molecule has 7 heteroatoms. The molecule has 0 aliphatic heterocycles. The van der Waals surface area contributed by atoms with Gasteiger partial charge >= 0.3 is 5.97 Å². The lowest BCUT2D eigenvalue weighted by atomic mass is 10.1. The summed E-state index contributed by atoms with van der Waals surface area (Å²) in [6, 6.07) is 3.60. The van der Waals surface area contributed by atoms with Crippen LogP contribution in [0, 0.1) is 5.82 Å². The number of aromatic nitrogens is 2. The van der Waals surface area contributed by atoms with Gasteiger partial charge in [0.15, 0.2) is 0 Å². The van der Waals surface area contributed by atoms with E-state index in [2.05, 4.69) is 20.9 Å². The van der Waals surface area contributed by atoms with E-state index >= 15 is 0 Å². The van der Waals surface area contributed by atoms with Crippen LogP contribution in [0.25, 0.3) is 16.6 Å². The van der Waals surface area contributed by atoms with Crippen molar-refractivity contribution in [3.63, 3.8) is 0 Å². The van der Waals surface area contributed by atoms with Crippen LogP contribution in [-0.4, -0.2) is 20.6 Å². The van der Waals surface area contributed by atoms with Crippen molar-refractivity contribution in [2.45, 2.75) is 0 Å². The third-order valence-corrected chi connectivity index (χ3v) is 3.96. The van der Waals surface area contributed by atoms with Gasteiger partial charge in [-0.15, -0.1) is 0 Å². The van der Waals surface area contributed by atoms with Gasteiger partial charge in [0.1, 0.15) is 5.82 Å². The zero-order chi connectivity index (χ0) is 15.1. The lowest BCUT2D eigenvalue weighted by Crippen LogP contribution is -2.05. The Morgan fingerprint density at radius 1 is 1.38 bits per heavy atom. The van der Waals surface area contributed by atoms with Gasteiger partial charge < -0.3 is 9.67 Å². The predicted molar refractivity (Wildman–Crippen MR) is 80.7 cm³/mol. The zero-order valence-corrected chi connectivity index (χ0v) is 12.7. The van der Waals surface area contributed by atoms with Crippen LogP contribution in [0.5, 0.6) is 0 Å². The van der Waals surface area contributed by atoms with Crippen molar-refractivity contribution in [2.75, 3.05) is 0 Å². The van der Waals surface area contributed by atoms with E-state index in [1.54, 1.807) is 17.0 Å². The summed E-state index contributed by atoms with van der Waals surface area (Å²) in [5, 5.41) is 10.4. The molecule has 3 aromatic rings. The zero-order valence-electron chi connectivity index (χ0n) is 10.3. The molecule has 21 heavy (non-hydrogen) atoms. The van der Waals surface area contributed by atoms with E-state index in [1.807, 2.05) is 0 Å². The number of carboxylic acids is 1. The SMILES string of the molecule is O=C(O)c1cc(F)ccc1-n1cc(Br)c2c(Cl)cncc21. The second-order valence-electron chi connectivity index (χ2n) is 4.33. The van der Waals surface area contributed by atoms with Gasteiger partial charge in [0.05, 0.1) is 28.0 Å². The number of hydrogen-bond acceptors (Lipinski definition) is 2. The van der Waals surface area contributed by atoms with Crippen LogP contribution >= 0.6 is 27.5 Å². The molecule has 0 fully saturated rings. The van der Waals surface area contributed by atoms with Crippen molar-refractivity contribution in [3.05, 3.63) is 57.7 Å². The van der Waals surface area contributed by atoms with Crippen molar-refractivity contribution >= 4 is 44.4 Å². The second kappa shape index (κ2) is 5.13. The summed E-state index contributed by atoms with van der Waals surface area (Å²) in [7, 11) is 0. The van der Waals surface area contributed by atoms with E-state index in [1.165, 1.54) is 18.3 Å². The van der Waals surface area contributed by atoms with Crippen LogP contribution in [0.2, 0.25) is 5.02 Å². The highest BCUT2D eigenvalue weighted by molar-refractivity contribution is 9.10. The van der Waals surface area contributed by atoms with Gasteiger partial charge in [0.2, 0.25) is 0 Å². The molecule has 0 saturated carbocycles. The Morgan fingerprint density at radius 3 is 2.86 bits per heavy atom. The van der Waals surface area contributed by atoms with Crippen molar-refractivity contribution in [1.82, 2.24) is 9.55 Å². The molecule has 2 heterocycles. The van der Waals surface area contributed by atoms with Gasteiger partial charge in [-0.2, -0.15) is 0 Å². The molecule has 0 aliphatic rings. The number of hydrogen-bond donors (Lipinski definition) is 1. The minimum Gasteiger partial charge on any atom is -0.478 e. The molecule has 1 aromatic carbocycles. The van der Waals surface area contributed by atoms with Crippen molar-refractivity contribution in [1.29, 1.82) is 0 Å². The van der Waals surface area contributed by atoms with Gasteiger partial charge in [-0.3, -0.25) is 4.98 Å². The number of rotatable bonds is 2. The molecule has 1 N–H and O–H groups in total. The van der Waals surface area contributed by atoms with E-state index in [0.717, 1.165) is 6.07 Å². The number of carbonyl (C=O) groups is 1. The minimum atomic E-state index is -1.21. The van der Waals surface area contributed by atoms with Crippen LogP contribution in [0.3, 0.4) is 0 Å². The maximum Gasteiger partial charge on any atom is 0.337 e. The molecule has 0 bridgehead atoms. The maximum atomic E-state index is 13.3. The molecule has 0 unspecified atom stereocenters. The number of pyridine rings is 1. The summed E-state index contributed by atoms with van der Waals surface area (Å²) < 4.78 is 15.6. The first-order valence-corrected chi connectivity index (χ1v) is 6.99. The molecule has 0 aliphatic carbocycles. The Bertz CT molecular complexity index is 879. The monoisotopic (exact) mass is 368 g/mol. The number of benzene rings is 1. The number of fused-ring (bicyclic) bond motifs is 1. The number of nitrogens with zero attached hydrogens (tertiary/aromatic N) is 2. The number of aromatic carboxylic acids is 1. The van der Waals surface area contributed by atoms with E-state index < -0.39 is 11.8 Å². The standard InChI is InChI=1S/C14H7BrClFN2O2/c15-9-6-19(12-5-18-4-10(16)13(9)12)11-2-1-7(17)3-8(11)14(20)21/h1-6H,(H,20,21). The normalized spacial score (nSPS) is 11.0. The summed E-state index contributed by atoms with van der Waals surface area (Å²) in [4.78, 5) is 15.3. The number of halogens is 3. The largest absolute Gasteiger partial charge is 0.478 e. The van der Waals surface area contributed by atoms with E-state index in [0.29, 0.717) is 26.1 Å². The molecular weight excluding hydrogens is 363 g/mol. The van der Waals surface area contributed by atoms with Crippen molar-refractivity contribution < 1.29 is 14.3 Å². The van der Waals surface area contributed by atoms with Crippen molar-refractivity contribution in [2.24, 2.45) is 0 Å². The first-order chi connectivity index (χ1) is 9.99. The second-order valence-corrected chi connectivity index (χ2v) is 5.59. The fourth-order valence-electron chi connectivity index (χ4n) is 2.18. The molecule has 4 nitrogen and oxygen atoms in total.